The Kier molecular flexibility index (Phi) is 2.32. The molecular formula is C10H13N. The van der Waals surface area contributed by atoms with Crippen LogP contribution in [0, 0.1) is 0 Å². The Morgan fingerprint density at radius 1 is 1.55 bits per heavy atom. The second-order valence-corrected chi connectivity index (χ2v) is 2.51. The highest BCUT2D eigenvalue weighted by Gasteiger charge is 2.02. The molecule has 0 aromatic rings. The zero-order valence-electron chi connectivity index (χ0n) is 7.04. The van der Waals surface area contributed by atoms with Crippen molar-refractivity contribution >= 4 is 0 Å². The van der Waals surface area contributed by atoms with Crippen molar-refractivity contribution in [2.45, 2.75) is 13.8 Å². The molecule has 0 bridgehead atoms. The van der Waals surface area contributed by atoms with Gasteiger partial charge in [0.15, 0.2) is 0 Å². The number of rotatable bonds is 1. The number of hydrogen-bond donors (Lipinski definition) is 0. The summed E-state index contributed by atoms with van der Waals surface area (Å²) in [5, 5.41) is 0. The zero-order chi connectivity index (χ0) is 8.27. The fourth-order valence-electron chi connectivity index (χ4n) is 1.04. The Morgan fingerprint density at radius 2 is 2.27 bits per heavy atom. The van der Waals surface area contributed by atoms with Gasteiger partial charge in [-0.3, -0.25) is 0 Å². The van der Waals surface area contributed by atoms with E-state index >= 15 is 0 Å². The molecule has 1 nitrogen and oxygen atoms in total. The van der Waals surface area contributed by atoms with E-state index < -0.39 is 0 Å². The third-order valence-electron chi connectivity index (χ3n) is 1.66. The maximum atomic E-state index is 3.71. The molecule has 1 rings (SSSR count). The van der Waals surface area contributed by atoms with Crippen LogP contribution in [-0.2, 0) is 0 Å². The van der Waals surface area contributed by atoms with Gasteiger partial charge in [0.2, 0.25) is 0 Å². The molecule has 11 heavy (non-hydrogen) atoms. The molecule has 1 aliphatic rings. The molecule has 0 N–H and O–H groups in total. The van der Waals surface area contributed by atoms with Gasteiger partial charge in [-0.1, -0.05) is 12.7 Å². The predicted molar refractivity (Wildman–Crippen MR) is 48.7 cm³/mol. The average molecular weight is 147 g/mol. The van der Waals surface area contributed by atoms with Crippen LogP contribution in [0.15, 0.2) is 48.5 Å². The zero-order valence-corrected chi connectivity index (χ0v) is 7.04. The minimum Gasteiger partial charge on any atom is -0.325 e. The van der Waals surface area contributed by atoms with Gasteiger partial charge in [-0.05, 0) is 31.6 Å². The van der Waals surface area contributed by atoms with Crippen LogP contribution in [-0.4, -0.2) is 4.90 Å². The first-order chi connectivity index (χ1) is 5.27. The summed E-state index contributed by atoms with van der Waals surface area (Å²) in [5.74, 6) is 0. The third-order valence-corrected chi connectivity index (χ3v) is 1.66. The van der Waals surface area contributed by atoms with Gasteiger partial charge in [0.05, 0.1) is 0 Å². The smallest absolute Gasteiger partial charge is 0.0409 e. The van der Waals surface area contributed by atoms with Crippen molar-refractivity contribution in [3.05, 3.63) is 48.5 Å². The fraction of sp³-hybridized carbons (Fsp3) is 0.200. The van der Waals surface area contributed by atoms with Crippen LogP contribution in [0.4, 0.5) is 0 Å². The quantitative estimate of drug-likeness (QED) is 0.551. The van der Waals surface area contributed by atoms with Crippen LogP contribution in [0.3, 0.4) is 0 Å². The molecule has 0 saturated heterocycles. The summed E-state index contributed by atoms with van der Waals surface area (Å²) in [5.41, 5.74) is 2.45. The molecule has 0 aromatic heterocycles. The summed E-state index contributed by atoms with van der Waals surface area (Å²) < 4.78 is 0. The molecule has 1 aliphatic heterocycles. The molecular weight excluding hydrogens is 134 g/mol. The van der Waals surface area contributed by atoms with E-state index in [1.54, 1.807) is 6.20 Å². The highest BCUT2D eigenvalue weighted by atomic mass is 15.1. The molecule has 0 saturated carbocycles. The Hall–Kier alpha value is -1.24. The lowest BCUT2D eigenvalue weighted by Gasteiger charge is -2.19. The predicted octanol–water partition coefficient (Wildman–Crippen LogP) is 2.81. The summed E-state index contributed by atoms with van der Waals surface area (Å²) in [7, 11) is 0. The van der Waals surface area contributed by atoms with Gasteiger partial charge in [0, 0.05) is 18.1 Å². The lowest BCUT2D eigenvalue weighted by Crippen LogP contribution is -2.09. The molecule has 0 unspecified atom stereocenters. The van der Waals surface area contributed by atoms with E-state index in [4.69, 9.17) is 0 Å². The lowest BCUT2D eigenvalue weighted by atomic mass is 10.2. The van der Waals surface area contributed by atoms with Crippen molar-refractivity contribution in [1.29, 1.82) is 0 Å². The van der Waals surface area contributed by atoms with Crippen LogP contribution in [0.1, 0.15) is 13.8 Å². The molecule has 0 amide bonds. The molecule has 0 radical (unpaired) electrons. The van der Waals surface area contributed by atoms with E-state index in [1.807, 2.05) is 18.0 Å². The van der Waals surface area contributed by atoms with Crippen molar-refractivity contribution in [2.75, 3.05) is 0 Å². The Labute approximate surface area is 68.0 Å². The van der Waals surface area contributed by atoms with Crippen molar-refractivity contribution < 1.29 is 0 Å². The van der Waals surface area contributed by atoms with Gasteiger partial charge in [-0.15, -0.1) is 0 Å². The first-order valence-electron chi connectivity index (χ1n) is 3.71. The average Bonchev–Trinajstić information content (AvgIpc) is 2.04. The largest absolute Gasteiger partial charge is 0.325 e. The number of hydrogen-bond acceptors (Lipinski definition) is 1. The molecule has 0 spiro atoms. The van der Waals surface area contributed by atoms with Crippen molar-refractivity contribution in [3.63, 3.8) is 0 Å². The van der Waals surface area contributed by atoms with Crippen molar-refractivity contribution in [1.82, 2.24) is 4.90 Å². The first-order valence-corrected chi connectivity index (χ1v) is 3.71. The van der Waals surface area contributed by atoms with Crippen LogP contribution in [0.2, 0.25) is 0 Å². The van der Waals surface area contributed by atoms with Gasteiger partial charge in [-0.2, -0.15) is 0 Å². The molecule has 0 fully saturated rings. The van der Waals surface area contributed by atoms with Gasteiger partial charge in [0.1, 0.15) is 0 Å². The molecule has 58 valence electrons. The minimum atomic E-state index is 1.18. The highest BCUT2D eigenvalue weighted by Crippen LogP contribution is 2.16. The van der Waals surface area contributed by atoms with E-state index in [0.29, 0.717) is 0 Å². The first kappa shape index (κ1) is 7.86. The molecule has 1 heteroatoms. The van der Waals surface area contributed by atoms with Crippen molar-refractivity contribution in [2.24, 2.45) is 0 Å². The van der Waals surface area contributed by atoms with Crippen LogP contribution >= 0.6 is 0 Å². The number of allylic oxidation sites excluding steroid dienone is 4. The van der Waals surface area contributed by atoms with Crippen LogP contribution < -0.4 is 0 Å². The summed E-state index contributed by atoms with van der Waals surface area (Å²) in [6.45, 7) is 7.82. The third kappa shape index (κ3) is 1.61. The maximum absolute atomic E-state index is 3.71. The van der Waals surface area contributed by atoms with Gasteiger partial charge in [0.25, 0.3) is 0 Å². The van der Waals surface area contributed by atoms with E-state index in [1.165, 1.54) is 11.3 Å². The minimum absolute atomic E-state index is 1.18. The monoisotopic (exact) mass is 147 g/mol. The van der Waals surface area contributed by atoms with Gasteiger partial charge < -0.3 is 4.90 Å². The number of nitrogens with zero attached hydrogens (tertiary/aromatic N) is 1. The highest BCUT2D eigenvalue weighted by molar-refractivity contribution is 5.34. The topological polar surface area (TPSA) is 3.24 Å². The van der Waals surface area contributed by atoms with Crippen LogP contribution in [0.25, 0.3) is 0 Å². The summed E-state index contributed by atoms with van der Waals surface area (Å²) in [6, 6.07) is 0. The fourth-order valence-corrected chi connectivity index (χ4v) is 1.04. The molecule has 0 aliphatic carbocycles. The van der Waals surface area contributed by atoms with Gasteiger partial charge >= 0.3 is 0 Å². The SMILES string of the molecule is C=CN1C=CC(C)=C/C1=C/C. The molecule has 0 atom stereocenters. The van der Waals surface area contributed by atoms with Crippen LogP contribution in [0.5, 0.6) is 0 Å². The van der Waals surface area contributed by atoms with E-state index in [-0.39, 0.29) is 0 Å². The van der Waals surface area contributed by atoms with Crippen molar-refractivity contribution in [3.8, 4) is 0 Å². The normalized spacial score (nSPS) is 20.4. The second-order valence-electron chi connectivity index (χ2n) is 2.51. The summed E-state index contributed by atoms with van der Waals surface area (Å²) in [6.07, 6.45) is 10.1. The van der Waals surface area contributed by atoms with E-state index in [9.17, 15) is 0 Å². The molecule has 0 aromatic carbocycles. The summed E-state index contributed by atoms with van der Waals surface area (Å²) in [4.78, 5) is 1.99. The van der Waals surface area contributed by atoms with E-state index in [0.717, 1.165) is 0 Å². The standard InChI is InChI=1S/C10H13N/c1-4-10-8-9(3)6-7-11(10)5-2/h4-8H,2H2,1,3H3/b10-4-. The van der Waals surface area contributed by atoms with E-state index in [2.05, 4.69) is 31.7 Å². The lowest BCUT2D eigenvalue weighted by molar-refractivity contribution is 0.643. The Morgan fingerprint density at radius 3 is 2.82 bits per heavy atom. The Bertz CT molecular complexity index is 244. The second kappa shape index (κ2) is 3.24. The van der Waals surface area contributed by atoms with Gasteiger partial charge in [-0.25, -0.2) is 0 Å². The maximum Gasteiger partial charge on any atom is 0.0409 e. The Balaban J connectivity index is 2.92. The summed E-state index contributed by atoms with van der Waals surface area (Å²) >= 11 is 0. The molecule has 1 heterocycles.